The Kier molecular flexibility index (Phi) is 3.93. The van der Waals surface area contributed by atoms with Gasteiger partial charge in [0.2, 0.25) is 0 Å². The minimum atomic E-state index is 0.405. The first-order chi connectivity index (χ1) is 8.73. The van der Waals surface area contributed by atoms with Crippen LogP contribution in [0.4, 0.5) is 0 Å². The Morgan fingerprint density at radius 3 is 2.72 bits per heavy atom. The maximum Gasteiger partial charge on any atom is 0.0308 e. The quantitative estimate of drug-likeness (QED) is 0.847. The molecule has 2 nitrogen and oxygen atoms in total. The van der Waals surface area contributed by atoms with Crippen LogP contribution in [0.25, 0.3) is 0 Å². The Morgan fingerprint density at radius 2 is 2.00 bits per heavy atom. The molecule has 0 radical (unpaired) electrons. The lowest BCUT2D eigenvalue weighted by Crippen LogP contribution is -2.53. The van der Waals surface area contributed by atoms with E-state index in [-0.39, 0.29) is 0 Å². The van der Waals surface area contributed by atoms with E-state index in [0.717, 1.165) is 17.2 Å². The van der Waals surface area contributed by atoms with Gasteiger partial charge < -0.3 is 5.32 Å². The summed E-state index contributed by atoms with van der Waals surface area (Å²) in [5.74, 6) is 0.951. The zero-order chi connectivity index (χ0) is 12.6. The van der Waals surface area contributed by atoms with Gasteiger partial charge in [0.25, 0.3) is 0 Å². The van der Waals surface area contributed by atoms with Crippen molar-refractivity contribution in [2.75, 3.05) is 25.9 Å². The van der Waals surface area contributed by atoms with E-state index in [2.05, 4.69) is 35.2 Å². The molecule has 1 heterocycles. The molecule has 3 fully saturated rings. The van der Waals surface area contributed by atoms with Crippen molar-refractivity contribution in [2.45, 2.75) is 62.3 Å². The maximum absolute atomic E-state index is 3.86. The summed E-state index contributed by atoms with van der Waals surface area (Å²) in [5, 5.41) is 4.75. The Balaban J connectivity index is 1.70. The first-order valence-electron chi connectivity index (χ1n) is 7.75. The fraction of sp³-hybridized carbons (Fsp3) is 1.00. The highest BCUT2D eigenvalue weighted by molar-refractivity contribution is 7.99. The van der Waals surface area contributed by atoms with Crippen molar-refractivity contribution in [3.63, 3.8) is 0 Å². The van der Waals surface area contributed by atoms with Crippen molar-refractivity contribution in [1.29, 1.82) is 0 Å². The highest BCUT2D eigenvalue weighted by atomic mass is 32.2. The van der Waals surface area contributed by atoms with Gasteiger partial charge in [0.05, 0.1) is 0 Å². The van der Waals surface area contributed by atoms with E-state index in [1.54, 1.807) is 0 Å². The van der Waals surface area contributed by atoms with Gasteiger partial charge in [-0.3, -0.25) is 4.90 Å². The summed E-state index contributed by atoms with van der Waals surface area (Å²) >= 11 is 2.10. The van der Waals surface area contributed by atoms with Crippen LogP contribution in [0.1, 0.15) is 45.4 Å². The zero-order valence-electron chi connectivity index (χ0n) is 12.0. The summed E-state index contributed by atoms with van der Waals surface area (Å²) in [4.78, 5) is 2.84. The molecule has 0 spiro atoms. The molecule has 3 atom stereocenters. The molecule has 3 unspecified atom stereocenters. The zero-order valence-corrected chi connectivity index (χ0v) is 12.8. The largest absolute Gasteiger partial charge is 0.310 e. The third-order valence-electron chi connectivity index (χ3n) is 5.35. The van der Waals surface area contributed by atoms with Crippen LogP contribution < -0.4 is 5.32 Å². The molecule has 0 aromatic carbocycles. The Morgan fingerprint density at radius 1 is 1.17 bits per heavy atom. The lowest BCUT2D eigenvalue weighted by molar-refractivity contribution is 0.155. The average Bonchev–Trinajstić information content (AvgIpc) is 3.14. The van der Waals surface area contributed by atoms with Gasteiger partial charge in [-0.25, -0.2) is 0 Å². The number of rotatable bonds is 3. The molecule has 2 aliphatic carbocycles. The van der Waals surface area contributed by atoms with Gasteiger partial charge >= 0.3 is 0 Å². The SMILES string of the molecule is CSC1CCCC1N1CCCNC(C)(C2CC2)C1. The highest BCUT2D eigenvalue weighted by Crippen LogP contribution is 2.42. The van der Waals surface area contributed by atoms with Crippen LogP contribution in [0, 0.1) is 5.92 Å². The van der Waals surface area contributed by atoms with E-state index in [1.807, 2.05) is 0 Å². The van der Waals surface area contributed by atoms with Gasteiger partial charge in [-0.2, -0.15) is 11.8 Å². The molecule has 2 saturated carbocycles. The van der Waals surface area contributed by atoms with Gasteiger partial charge in [-0.05, 0) is 64.3 Å². The van der Waals surface area contributed by atoms with E-state index in [9.17, 15) is 0 Å². The van der Waals surface area contributed by atoms with Crippen LogP contribution in [0.15, 0.2) is 0 Å². The predicted molar refractivity (Wildman–Crippen MR) is 80.3 cm³/mol. The fourth-order valence-corrected chi connectivity index (χ4v) is 5.11. The molecule has 104 valence electrons. The summed E-state index contributed by atoms with van der Waals surface area (Å²) in [7, 11) is 0. The number of nitrogens with one attached hydrogen (secondary N) is 1. The molecule has 0 aromatic heterocycles. The first kappa shape index (κ1) is 13.3. The van der Waals surface area contributed by atoms with Crippen molar-refractivity contribution in [1.82, 2.24) is 10.2 Å². The molecule has 3 aliphatic rings. The lowest BCUT2D eigenvalue weighted by atomic mass is 9.94. The van der Waals surface area contributed by atoms with Crippen LogP contribution in [0.2, 0.25) is 0 Å². The van der Waals surface area contributed by atoms with Gasteiger partial charge in [0.1, 0.15) is 0 Å². The van der Waals surface area contributed by atoms with Crippen molar-refractivity contribution >= 4 is 11.8 Å². The number of nitrogens with zero attached hydrogens (tertiary/aromatic N) is 1. The number of thioether (sulfide) groups is 1. The van der Waals surface area contributed by atoms with Crippen molar-refractivity contribution in [2.24, 2.45) is 5.92 Å². The first-order valence-corrected chi connectivity index (χ1v) is 9.03. The van der Waals surface area contributed by atoms with E-state index in [1.165, 1.54) is 58.2 Å². The Labute approximate surface area is 116 Å². The summed E-state index contributed by atoms with van der Waals surface area (Å²) < 4.78 is 0. The van der Waals surface area contributed by atoms with Gasteiger partial charge in [0.15, 0.2) is 0 Å². The van der Waals surface area contributed by atoms with Crippen molar-refractivity contribution < 1.29 is 0 Å². The summed E-state index contributed by atoms with van der Waals surface area (Å²) in [5.41, 5.74) is 0.405. The molecule has 0 aromatic rings. The second-order valence-electron chi connectivity index (χ2n) is 6.71. The Hall–Kier alpha value is 0.270. The topological polar surface area (TPSA) is 15.3 Å². The van der Waals surface area contributed by atoms with E-state index < -0.39 is 0 Å². The summed E-state index contributed by atoms with van der Waals surface area (Å²) in [6.07, 6.45) is 10.9. The number of hydrogen-bond donors (Lipinski definition) is 1. The fourth-order valence-electron chi connectivity index (χ4n) is 4.09. The third-order valence-corrected chi connectivity index (χ3v) is 6.51. The molecule has 0 bridgehead atoms. The summed E-state index contributed by atoms with van der Waals surface area (Å²) in [6.45, 7) is 6.31. The van der Waals surface area contributed by atoms with Crippen LogP contribution >= 0.6 is 11.8 Å². The minimum Gasteiger partial charge on any atom is -0.310 e. The highest BCUT2D eigenvalue weighted by Gasteiger charge is 2.45. The molecule has 18 heavy (non-hydrogen) atoms. The predicted octanol–water partition coefficient (Wildman–Crippen LogP) is 2.73. The molecule has 1 saturated heterocycles. The summed E-state index contributed by atoms with van der Waals surface area (Å²) in [6, 6.07) is 0.859. The van der Waals surface area contributed by atoms with Crippen LogP contribution in [0.5, 0.6) is 0 Å². The second-order valence-corrected chi connectivity index (χ2v) is 7.79. The maximum atomic E-state index is 3.86. The standard InChI is InChI=1S/C15H28N2S/c1-15(12-7-8-12)11-17(10-4-9-16-15)13-5-3-6-14(13)18-2/h12-14,16H,3-11H2,1-2H3. The third kappa shape index (κ3) is 2.59. The van der Waals surface area contributed by atoms with E-state index in [0.29, 0.717) is 5.54 Å². The second kappa shape index (κ2) is 5.34. The van der Waals surface area contributed by atoms with E-state index in [4.69, 9.17) is 0 Å². The van der Waals surface area contributed by atoms with Crippen molar-refractivity contribution in [3.8, 4) is 0 Å². The molecule has 3 heteroatoms. The molecule has 3 rings (SSSR count). The van der Waals surface area contributed by atoms with Gasteiger partial charge in [0, 0.05) is 23.4 Å². The normalized spacial score (nSPS) is 43.0. The lowest BCUT2D eigenvalue weighted by Gasteiger charge is -2.38. The Bertz CT molecular complexity index is 292. The molecular formula is C15H28N2S. The van der Waals surface area contributed by atoms with Crippen molar-refractivity contribution in [3.05, 3.63) is 0 Å². The van der Waals surface area contributed by atoms with E-state index >= 15 is 0 Å². The smallest absolute Gasteiger partial charge is 0.0308 e. The average molecular weight is 268 g/mol. The van der Waals surface area contributed by atoms with Gasteiger partial charge in [-0.15, -0.1) is 0 Å². The van der Waals surface area contributed by atoms with Crippen LogP contribution in [-0.4, -0.2) is 47.6 Å². The van der Waals surface area contributed by atoms with Crippen LogP contribution in [0.3, 0.4) is 0 Å². The van der Waals surface area contributed by atoms with Gasteiger partial charge in [-0.1, -0.05) is 6.42 Å². The molecular weight excluding hydrogens is 240 g/mol. The monoisotopic (exact) mass is 268 g/mol. The number of hydrogen-bond acceptors (Lipinski definition) is 3. The minimum absolute atomic E-state index is 0.405. The molecule has 1 N–H and O–H groups in total. The molecule has 1 aliphatic heterocycles. The van der Waals surface area contributed by atoms with Crippen LogP contribution in [-0.2, 0) is 0 Å². The molecule has 0 amide bonds.